The summed E-state index contributed by atoms with van der Waals surface area (Å²) in [5.41, 5.74) is 1.02. The van der Waals surface area contributed by atoms with E-state index in [2.05, 4.69) is 9.71 Å². The van der Waals surface area contributed by atoms with Gasteiger partial charge in [0.1, 0.15) is 12.4 Å². The van der Waals surface area contributed by atoms with E-state index in [9.17, 15) is 13.2 Å². The number of nitrogens with zero attached hydrogens (tertiary/aromatic N) is 1. The molecule has 3 rings (SSSR count). The highest BCUT2D eigenvalue weighted by Gasteiger charge is 2.29. The molecule has 0 aliphatic carbocycles. The highest BCUT2D eigenvalue weighted by atomic mass is 35.5. The molecular formula is C17H14Cl2N2O4S. The molecule has 0 bridgehead atoms. The zero-order valence-electron chi connectivity index (χ0n) is 13.4. The molecule has 136 valence electrons. The Bertz CT molecular complexity index is 970. The third-order valence-corrected chi connectivity index (χ3v) is 5.79. The predicted molar refractivity (Wildman–Crippen MR) is 99.0 cm³/mol. The molecule has 1 N–H and O–H groups in total. The first-order chi connectivity index (χ1) is 12.4. The maximum absolute atomic E-state index is 12.0. The largest absolute Gasteiger partial charge is 0.461 e. The third-order valence-electron chi connectivity index (χ3n) is 3.69. The standard InChI is InChI=1S/C17H14Cl2N2O4S/c18-13-5-3-6-14(19)12(13)10-25-16(22)8-9-20-17-11-4-1-2-7-15(11)26(23,24)21-17/h1-7H,8-10H2,(H,20,21). The molecule has 1 aliphatic rings. The van der Waals surface area contributed by atoms with Gasteiger partial charge in [-0.2, -0.15) is 0 Å². The van der Waals surface area contributed by atoms with Gasteiger partial charge in [0.2, 0.25) is 0 Å². The number of benzene rings is 2. The maximum Gasteiger partial charge on any atom is 0.308 e. The van der Waals surface area contributed by atoms with E-state index in [1.807, 2.05) is 0 Å². The molecule has 26 heavy (non-hydrogen) atoms. The third kappa shape index (κ3) is 4.00. The van der Waals surface area contributed by atoms with Crippen LogP contribution in [0.15, 0.2) is 52.4 Å². The number of rotatable bonds is 5. The Morgan fingerprint density at radius 2 is 1.77 bits per heavy atom. The average molecular weight is 413 g/mol. The van der Waals surface area contributed by atoms with Crippen LogP contribution in [0.3, 0.4) is 0 Å². The molecule has 2 aromatic carbocycles. The number of nitrogens with one attached hydrogen (secondary N) is 1. The molecule has 0 radical (unpaired) electrons. The van der Waals surface area contributed by atoms with E-state index in [-0.39, 0.29) is 30.3 Å². The van der Waals surface area contributed by atoms with Crippen molar-refractivity contribution in [1.82, 2.24) is 4.72 Å². The van der Waals surface area contributed by atoms with E-state index in [0.717, 1.165) is 0 Å². The topological polar surface area (TPSA) is 84.8 Å². The molecule has 0 spiro atoms. The van der Waals surface area contributed by atoms with Crippen molar-refractivity contribution < 1.29 is 17.9 Å². The number of sulfonamides is 1. The lowest BCUT2D eigenvalue weighted by Gasteiger charge is -2.08. The molecular weight excluding hydrogens is 399 g/mol. The SMILES string of the molecule is O=C(CCN=C1NS(=O)(=O)c2ccccc21)OCc1c(Cl)cccc1Cl. The molecule has 6 nitrogen and oxygen atoms in total. The van der Waals surface area contributed by atoms with Crippen molar-refractivity contribution in [2.24, 2.45) is 4.99 Å². The minimum absolute atomic E-state index is 0.00450. The molecule has 0 saturated carbocycles. The molecule has 2 aromatic rings. The van der Waals surface area contributed by atoms with Gasteiger partial charge in [-0.25, -0.2) is 8.42 Å². The highest BCUT2D eigenvalue weighted by molar-refractivity contribution is 7.90. The summed E-state index contributed by atoms with van der Waals surface area (Å²) in [5, 5.41) is 0.838. The molecule has 0 fully saturated rings. The lowest BCUT2D eigenvalue weighted by atomic mass is 10.2. The minimum Gasteiger partial charge on any atom is -0.461 e. The first-order valence-electron chi connectivity index (χ1n) is 7.63. The minimum atomic E-state index is -3.59. The average Bonchev–Trinajstić information content (AvgIpc) is 2.86. The number of carbonyl (C=O) groups is 1. The van der Waals surface area contributed by atoms with Crippen molar-refractivity contribution in [2.45, 2.75) is 17.9 Å². The van der Waals surface area contributed by atoms with Crippen molar-refractivity contribution in [1.29, 1.82) is 0 Å². The fraction of sp³-hybridized carbons (Fsp3) is 0.176. The summed E-state index contributed by atoms with van der Waals surface area (Å²) in [5.74, 6) is -0.262. The number of fused-ring (bicyclic) bond motifs is 1. The van der Waals surface area contributed by atoms with Crippen LogP contribution < -0.4 is 4.72 Å². The van der Waals surface area contributed by atoms with Gasteiger partial charge in [-0.3, -0.25) is 14.5 Å². The van der Waals surface area contributed by atoms with Crippen LogP contribution in [-0.4, -0.2) is 26.8 Å². The molecule has 1 heterocycles. The van der Waals surface area contributed by atoms with Crippen LogP contribution in [0, 0.1) is 0 Å². The number of carbonyl (C=O) groups excluding carboxylic acids is 1. The second kappa shape index (κ2) is 7.65. The van der Waals surface area contributed by atoms with Gasteiger partial charge in [0.05, 0.1) is 17.9 Å². The second-order valence-corrected chi connectivity index (χ2v) is 7.91. The Kier molecular flexibility index (Phi) is 5.50. The normalized spacial score (nSPS) is 16.2. The van der Waals surface area contributed by atoms with Crippen LogP contribution in [0.2, 0.25) is 10.0 Å². The van der Waals surface area contributed by atoms with E-state index in [0.29, 0.717) is 21.2 Å². The molecule has 0 atom stereocenters. The lowest BCUT2D eigenvalue weighted by Crippen LogP contribution is -2.22. The number of amidine groups is 1. The fourth-order valence-electron chi connectivity index (χ4n) is 2.41. The number of hydrogen-bond acceptors (Lipinski definition) is 5. The van der Waals surface area contributed by atoms with Gasteiger partial charge in [0.25, 0.3) is 10.0 Å². The van der Waals surface area contributed by atoms with E-state index >= 15 is 0 Å². The molecule has 0 aromatic heterocycles. The van der Waals surface area contributed by atoms with Crippen LogP contribution in [-0.2, 0) is 26.2 Å². The summed E-state index contributed by atoms with van der Waals surface area (Å²) in [6.45, 7) is 0.0463. The number of aliphatic imine (C=N–C) groups is 1. The highest BCUT2D eigenvalue weighted by Crippen LogP contribution is 2.25. The smallest absolute Gasteiger partial charge is 0.308 e. The molecule has 1 aliphatic heterocycles. The Balaban J connectivity index is 1.59. The summed E-state index contributed by atoms with van der Waals surface area (Å²) in [6, 6.07) is 11.5. The first-order valence-corrected chi connectivity index (χ1v) is 9.87. The zero-order valence-corrected chi connectivity index (χ0v) is 15.7. The number of halogens is 2. The lowest BCUT2D eigenvalue weighted by molar-refractivity contribution is -0.144. The maximum atomic E-state index is 12.0. The van der Waals surface area contributed by atoms with Crippen molar-refractivity contribution in [3.05, 3.63) is 63.6 Å². The van der Waals surface area contributed by atoms with Crippen LogP contribution in [0.5, 0.6) is 0 Å². The number of esters is 1. The van der Waals surface area contributed by atoms with Gasteiger partial charge >= 0.3 is 5.97 Å². The van der Waals surface area contributed by atoms with Crippen molar-refractivity contribution in [2.75, 3.05) is 6.54 Å². The summed E-state index contributed by atoms with van der Waals surface area (Å²) in [4.78, 5) is 16.2. The molecule has 9 heteroatoms. The van der Waals surface area contributed by atoms with Gasteiger partial charge in [0.15, 0.2) is 0 Å². The summed E-state index contributed by atoms with van der Waals surface area (Å²) in [7, 11) is -3.59. The van der Waals surface area contributed by atoms with E-state index in [1.165, 1.54) is 6.07 Å². The van der Waals surface area contributed by atoms with Crippen LogP contribution in [0.25, 0.3) is 0 Å². The fourth-order valence-corrected chi connectivity index (χ4v) is 4.16. The Hall–Kier alpha value is -2.09. The molecule has 0 amide bonds. The van der Waals surface area contributed by atoms with Crippen molar-refractivity contribution in [3.63, 3.8) is 0 Å². The quantitative estimate of drug-likeness (QED) is 0.764. The monoisotopic (exact) mass is 412 g/mol. The summed E-state index contributed by atoms with van der Waals surface area (Å²) >= 11 is 12.0. The van der Waals surface area contributed by atoms with Crippen molar-refractivity contribution in [3.8, 4) is 0 Å². The number of ether oxygens (including phenoxy) is 1. The van der Waals surface area contributed by atoms with E-state index < -0.39 is 16.0 Å². The van der Waals surface area contributed by atoms with Crippen LogP contribution in [0.4, 0.5) is 0 Å². The second-order valence-electron chi connectivity index (χ2n) is 5.44. The van der Waals surface area contributed by atoms with Gasteiger partial charge < -0.3 is 4.74 Å². The molecule has 0 unspecified atom stereocenters. The van der Waals surface area contributed by atoms with Crippen molar-refractivity contribution >= 4 is 45.0 Å². The number of hydrogen-bond donors (Lipinski definition) is 1. The van der Waals surface area contributed by atoms with Gasteiger partial charge in [0, 0.05) is 21.2 Å². The zero-order chi connectivity index (χ0) is 18.7. The van der Waals surface area contributed by atoms with E-state index in [4.69, 9.17) is 27.9 Å². The van der Waals surface area contributed by atoms with E-state index in [1.54, 1.807) is 36.4 Å². The summed E-state index contributed by atoms with van der Waals surface area (Å²) < 4.78 is 31.5. The Morgan fingerprint density at radius 3 is 2.50 bits per heavy atom. The predicted octanol–water partition coefficient (Wildman–Crippen LogP) is 3.17. The summed E-state index contributed by atoms with van der Waals surface area (Å²) in [6.07, 6.45) is -0.00450. The van der Waals surface area contributed by atoms with Gasteiger partial charge in [-0.1, -0.05) is 41.4 Å². The van der Waals surface area contributed by atoms with Gasteiger partial charge in [-0.15, -0.1) is 0 Å². The van der Waals surface area contributed by atoms with Crippen LogP contribution in [0.1, 0.15) is 17.5 Å². The van der Waals surface area contributed by atoms with Crippen LogP contribution >= 0.6 is 23.2 Å². The molecule has 0 saturated heterocycles. The first kappa shape index (κ1) is 18.7. The Morgan fingerprint density at radius 1 is 1.08 bits per heavy atom. The van der Waals surface area contributed by atoms with Gasteiger partial charge in [-0.05, 0) is 24.3 Å². The Labute approximate surface area is 160 Å².